The second-order valence-corrected chi connectivity index (χ2v) is 7.83. The summed E-state index contributed by atoms with van der Waals surface area (Å²) in [5, 5.41) is 12.1. The Morgan fingerprint density at radius 1 is 1.15 bits per heavy atom. The van der Waals surface area contributed by atoms with Crippen molar-refractivity contribution in [3.63, 3.8) is 0 Å². The van der Waals surface area contributed by atoms with Gasteiger partial charge in [0.2, 0.25) is 5.91 Å². The number of aromatic nitrogens is 3. The molecule has 1 N–H and O–H groups in total. The van der Waals surface area contributed by atoms with Crippen LogP contribution < -0.4 is 5.32 Å². The van der Waals surface area contributed by atoms with Crippen molar-refractivity contribution >= 4 is 29.1 Å². The molecule has 7 heteroatoms. The number of carbonyl (C=O) groups is 2. The van der Waals surface area contributed by atoms with Crippen molar-refractivity contribution in [3.05, 3.63) is 35.7 Å². The highest BCUT2D eigenvalue weighted by Gasteiger charge is 2.22. The summed E-state index contributed by atoms with van der Waals surface area (Å²) in [6.07, 6.45) is 6.53. The maximum Gasteiger partial charge on any atom is 0.224 e. The molecule has 1 saturated carbocycles. The number of Topliss-reactive ketones (excluding diaryl/α,β-unsaturated/α-hetero) is 1. The van der Waals surface area contributed by atoms with Crippen LogP contribution in [0, 0.1) is 6.92 Å². The molecule has 27 heavy (non-hydrogen) atoms. The van der Waals surface area contributed by atoms with Crippen molar-refractivity contribution < 1.29 is 9.59 Å². The maximum atomic E-state index is 12.5. The zero-order valence-electron chi connectivity index (χ0n) is 15.9. The molecule has 1 aliphatic carbocycles. The van der Waals surface area contributed by atoms with E-state index in [1.54, 1.807) is 31.2 Å². The van der Waals surface area contributed by atoms with Crippen LogP contribution in [0.5, 0.6) is 0 Å². The van der Waals surface area contributed by atoms with E-state index in [2.05, 4.69) is 20.1 Å². The zero-order chi connectivity index (χ0) is 19.2. The summed E-state index contributed by atoms with van der Waals surface area (Å²) in [5.41, 5.74) is 1.34. The minimum Gasteiger partial charge on any atom is -0.326 e. The highest BCUT2D eigenvalue weighted by molar-refractivity contribution is 7.99. The van der Waals surface area contributed by atoms with Crippen LogP contribution >= 0.6 is 11.8 Å². The first-order valence-corrected chi connectivity index (χ1v) is 10.5. The molecule has 144 valence electrons. The van der Waals surface area contributed by atoms with Crippen LogP contribution in [-0.4, -0.2) is 32.2 Å². The molecule has 0 bridgehead atoms. The minimum absolute atomic E-state index is 0.0398. The van der Waals surface area contributed by atoms with Crippen molar-refractivity contribution in [1.29, 1.82) is 0 Å². The average Bonchev–Trinajstić information content (AvgIpc) is 3.07. The Morgan fingerprint density at radius 2 is 1.85 bits per heavy atom. The summed E-state index contributed by atoms with van der Waals surface area (Å²) >= 11 is 1.45. The molecule has 0 unspecified atom stereocenters. The molecular weight excluding hydrogens is 360 g/mol. The second-order valence-electron chi connectivity index (χ2n) is 6.88. The topological polar surface area (TPSA) is 76.9 Å². The van der Waals surface area contributed by atoms with Crippen LogP contribution in [0.4, 0.5) is 5.69 Å². The predicted octanol–water partition coefficient (Wildman–Crippen LogP) is 4.42. The molecule has 1 aromatic heterocycles. The summed E-state index contributed by atoms with van der Waals surface area (Å²) in [6, 6.07) is 7.49. The Bertz CT molecular complexity index is 795. The Hall–Kier alpha value is -2.15. The van der Waals surface area contributed by atoms with E-state index >= 15 is 0 Å². The van der Waals surface area contributed by atoms with Gasteiger partial charge in [0.1, 0.15) is 5.82 Å². The Labute approximate surface area is 164 Å². The number of carbonyl (C=O) groups excluding carboxylic acids is 2. The molecule has 3 rings (SSSR count). The van der Waals surface area contributed by atoms with Gasteiger partial charge in [-0.2, -0.15) is 0 Å². The van der Waals surface area contributed by atoms with E-state index < -0.39 is 0 Å². The van der Waals surface area contributed by atoms with Gasteiger partial charge >= 0.3 is 0 Å². The molecule has 1 aromatic carbocycles. The lowest BCUT2D eigenvalue weighted by Crippen LogP contribution is -2.15. The second kappa shape index (κ2) is 9.17. The van der Waals surface area contributed by atoms with E-state index in [1.807, 2.05) is 6.92 Å². The van der Waals surface area contributed by atoms with Gasteiger partial charge in [0.05, 0.1) is 5.75 Å². The fourth-order valence-electron chi connectivity index (χ4n) is 3.41. The van der Waals surface area contributed by atoms with E-state index in [-0.39, 0.29) is 11.7 Å². The summed E-state index contributed by atoms with van der Waals surface area (Å²) in [5.74, 6) is 1.25. The minimum atomic E-state index is -0.0398. The van der Waals surface area contributed by atoms with Crippen molar-refractivity contribution in [2.24, 2.45) is 0 Å². The number of ketones is 1. The lowest BCUT2D eigenvalue weighted by atomic mass is 9.95. The van der Waals surface area contributed by atoms with Gasteiger partial charge in [0, 0.05) is 23.7 Å². The Balaban J connectivity index is 1.62. The van der Waals surface area contributed by atoms with Gasteiger partial charge in [-0.1, -0.05) is 37.9 Å². The van der Waals surface area contributed by atoms with E-state index in [0.29, 0.717) is 29.5 Å². The quantitative estimate of drug-likeness (QED) is 0.563. The Kier molecular flexibility index (Phi) is 6.66. The average molecular weight is 387 g/mol. The number of nitrogens with one attached hydrogen (secondary N) is 1. The molecule has 1 heterocycles. The van der Waals surface area contributed by atoms with Crippen LogP contribution in [0.1, 0.15) is 67.7 Å². The van der Waals surface area contributed by atoms with Crippen LogP contribution in [0.3, 0.4) is 0 Å². The maximum absolute atomic E-state index is 12.5. The summed E-state index contributed by atoms with van der Waals surface area (Å²) < 4.78 is 2.21. The first-order valence-electron chi connectivity index (χ1n) is 9.56. The van der Waals surface area contributed by atoms with Gasteiger partial charge < -0.3 is 9.88 Å². The van der Waals surface area contributed by atoms with Gasteiger partial charge in [0.15, 0.2) is 10.9 Å². The van der Waals surface area contributed by atoms with E-state index in [4.69, 9.17) is 0 Å². The number of nitrogens with zero attached hydrogens (tertiary/aromatic N) is 3. The molecule has 2 aromatic rings. The standard InChI is InChI=1S/C20H26N4O2S/c1-3-19(26)21-16-11-9-15(10-12-16)18(25)13-27-20-23-22-14(2)24(20)17-7-5-4-6-8-17/h9-12,17H,3-8,13H2,1-2H3,(H,21,26). The molecule has 1 aliphatic rings. The molecular formula is C20H26N4O2S. The van der Waals surface area contributed by atoms with Gasteiger partial charge in [-0.3, -0.25) is 9.59 Å². The predicted molar refractivity (Wildman–Crippen MR) is 107 cm³/mol. The van der Waals surface area contributed by atoms with E-state index in [9.17, 15) is 9.59 Å². The molecule has 6 nitrogen and oxygen atoms in total. The van der Waals surface area contributed by atoms with Crippen LogP contribution in [0.25, 0.3) is 0 Å². The van der Waals surface area contributed by atoms with E-state index in [0.717, 1.165) is 23.8 Å². The normalized spacial score (nSPS) is 14.9. The summed E-state index contributed by atoms with van der Waals surface area (Å²) in [7, 11) is 0. The van der Waals surface area contributed by atoms with Gasteiger partial charge in [0.25, 0.3) is 0 Å². The molecule has 0 spiro atoms. The number of aryl methyl sites for hydroxylation is 1. The number of anilines is 1. The van der Waals surface area contributed by atoms with Crippen molar-refractivity contribution in [1.82, 2.24) is 14.8 Å². The largest absolute Gasteiger partial charge is 0.326 e. The first-order chi connectivity index (χ1) is 13.1. The number of hydrogen-bond acceptors (Lipinski definition) is 5. The van der Waals surface area contributed by atoms with Gasteiger partial charge in [-0.25, -0.2) is 0 Å². The highest BCUT2D eigenvalue weighted by atomic mass is 32.2. The zero-order valence-corrected chi connectivity index (χ0v) is 16.7. The lowest BCUT2D eigenvalue weighted by molar-refractivity contribution is -0.115. The van der Waals surface area contributed by atoms with Crippen LogP contribution in [0.15, 0.2) is 29.4 Å². The molecule has 1 fully saturated rings. The Morgan fingerprint density at radius 3 is 2.52 bits per heavy atom. The van der Waals surface area contributed by atoms with Crippen LogP contribution in [0.2, 0.25) is 0 Å². The van der Waals surface area contributed by atoms with Gasteiger partial charge in [-0.05, 0) is 44.0 Å². The van der Waals surface area contributed by atoms with Gasteiger partial charge in [-0.15, -0.1) is 10.2 Å². The monoisotopic (exact) mass is 386 g/mol. The van der Waals surface area contributed by atoms with Crippen molar-refractivity contribution in [2.75, 3.05) is 11.1 Å². The number of benzene rings is 1. The lowest BCUT2D eigenvalue weighted by Gasteiger charge is -2.24. The number of rotatable bonds is 7. The number of hydrogen-bond donors (Lipinski definition) is 1. The number of thioether (sulfide) groups is 1. The first kappa shape index (κ1) is 19.6. The third-order valence-electron chi connectivity index (χ3n) is 4.92. The number of amides is 1. The molecule has 1 amide bonds. The molecule has 0 saturated heterocycles. The molecule has 0 atom stereocenters. The third kappa shape index (κ3) is 4.97. The molecule has 0 radical (unpaired) electrons. The van der Waals surface area contributed by atoms with Crippen LogP contribution in [-0.2, 0) is 4.79 Å². The molecule has 0 aliphatic heterocycles. The highest BCUT2D eigenvalue weighted by Crippen LogP contribution is 2.32. The fraction of sp³-hybridized carbons (Fsp3) is 0.500. The van der Waals surface area contributed by atoms with E-state index in [1.165, 1.54) is 31.0 Å². The summed E-state index contributed by atoms with van der Waals surface area (Å²) in [6.45, 7) is 3.79. The SMILES string of the molecule is CCC(=O)Nc1ccc(C(=O)CSc2nnc(C)n2C2CCCCC2)cc1. The fourth-order valence-corrected chi connectivity index (χ4v) is 4.36. The summed E-state index contributed by atoms with van der Waals surface area (Å²) in [4.78, 5) is 24.0. The third-order valence-corrected chi connectivity index (χ3v) is 5.86. The smallest absolute Gasteiger partial charge is 0.224 e. The van der Waals surface area contributed by atoms with Crippen molar-refractivity contribution in [3.8, 4) is 0 Å². The van der Waals surface area contributed by atoms with Crippen molar-refractivity contribution in [2.45, 2.75) is 63.6 Å².